The average Bonchev–Trinajstić information content (AvgIpc) is 2.82. The van der Waals surface area contributed by atoms with E-state index in [-0.39, 0.29) is 5.91 Å². The molecule has 9 heteroatoms. The molecule has 5 rings (SSSR count). The van der Waals surface area contributed by atoms with Crippen LogP contribution in [0.2, 0.25) is 0 Å². The minimum atomic E-state index is -0.326. The van der Waals surface area contributed by atoms with Crippen molar-refractivity contribution >= 4 is 39.8 Å². The third kappa shape index (κ3) is 4.48. The highest BCUT2D eigenvalue weighted by Crippen LogP contribution is 2.30. The van der Waals surface area contributed by atoms with Gasteiger partial charge in [-0.15, -0.1) is 0 Å². The van der Waals surface area contributed by atoms with Crippen molar-refractivity contribution in [2.45, 2.75) is 6.04 Å². The van der Waals surface area contributed by atoms with Gasteiger partial charge in [-0.05, 0) is 48.5 Å². The van der Waals surface area contributed by atoms with E-state index in [1.165, 1.54) is 6.08 Å². The molecule has 4 N–H and O–H groups in total. The van der Waals surface area contributed by atoms with Crippen LogP contribution in [0.25, 0.3) is 22.3 Å². The van der Waals surface area contributed by atoms with Crippen LogP contribution in [0.3, 0.4) is 0 Å². The lowest BCUT2D eigenvalue weighted by molar-refractivity contribution is -0.111. The maximum absolute atomic E-state index is 11.9. The van der Waals surface area contributed by atoms with Gasteiger partial charge < -0.3 is 21.3 Å². The van der Waals surface area contributed by atoms with Crippen molar-refractivity contribution in [1.82, 2.24) is 25.3 Å². The summed E-state index contributed by atoms with van der Waals surface area (Å²) in [6.45, 7) is 5.47. The predicted octanol–water partition coefficient (Wildman–Crippen LogP) is 3.34. The van der Waals surface area contributed by atoms with Crippen molar-refractivity contribution in [1.29, 1.82) is 0 Å². The van der Waals surface area contributed by atoms with Crippen LogP contribution in [0, 0.1) is 0 Å². The summed E-state index contributed by atoms with van der Waals surface area (Å²) in [5, 5.41) is 13.5. The van der Waals surface area contributed by atoms with Gasteiger partial charge in [-0.3, -0.25) is 14.8 Å². The Kier molecular flexibility index (Phi) is 5.61. The lowest BCUT2D eigenvalue weighted by atomic mass is 10.1. The zero-order chi connectivity index (χ0) is 22.6. The Labute approximate surface area is 190 Å². The monoisotopic (exact) mass is 438 g/mol. The van der Waals surface area contributed by atoms with E-state index in [1.807, 2.05) is 30.3 Å². The Bertz CT molecular complexity index is 1320. The zero-order valence-corrected chi connectivity index (χ0v) is 17.7. The molecule has 4 aromatic rings. The smallest absolute Gasteiger partial charge is 0.247 e. The van der Waals surface area contributed by atoms with Gasteiger partial charge in [0.15, 0.2) is 0 Å². The quantitative estimate of drug-likeness (QED) is 0.325. The fourth-order valence-corrected chi connectivity index (χ4v) is 3.47. The summed E-state index contributed by atoms with van der Waals surface area (Å²) in [6.07, 6.45) is 6.27. The fourth-order valence-electron chi connectivity index (χ4n) is 3.47. The van der Waals surface area contributed by atoms with E-state index in [0.29, 0.717) is 34.6 Å². The molecule has 1 aliphatic heterocycles. The van der Waals surface area contributed by atoms with Gasteiger partial charge in [0.05, 0.1) is 11.7 Å². The Hall–Kier alpha value is -4.37. The van der Waals surface area contributed by atoms with Crippen LogP contribution in [0.15, 0.2) is 73.7 Å². The SMILES string of the molecule is C=CC(=O)Nc1cccnc1-c1nccc2cnc(Nc3ccc(NC4CNC4)cc3)nc12. The van der Waals surface area contributed by atoms with Crippen molar-refractivity contribution in [2.75, 3.05) is 29.0 Å². The molecule has 1 aliphatic rings. The van der Waals surface area contributed by atoms with E-state index in [9.17, 15) is 4.79 Å². The number of amides is 1. The second kappa shape index (κ2) is 9.01. The summed E-state index contributed by atoms with van der Waals surface area (Å²) in [5.41, 5.74) is 4.16. The normalized spacial score (nSPS) is 13.2. The molecule has 4 heterocycles. The lowest BCUT2D eigenvalue weighted by Crippen LogP contribution is -2.51. The molecule has 0 saturated carbocycles. The van der Waals surface area contributed by atoms with Crippen LogP contribution < -0.4 is 21.3 Å². The van der Waals surface area contributed by atoms with E-state index in [0.717, 1.165) is 29.9 Å². The number of anilines is 4. The summed E-state index contributed by atoms with van der Waals surface area (Å²) in [5.74, 6) is 0.112. The molecular formula is C24H22N8O. The van der Waals surface area contributed by atoms with Crippen LogP contribution in [0.1, 0.15) is 0 Å². The van der Waals surface area contributed by atoms with Crippen molar-refractivity contribution in [3.05, 3.63) is 73.7 Å². The van der Waals surface area contributed by atoms with E-state index < -0.39 is 0 Å². The molecule has 1 fully saturated rings. The first-order valence-electron chi connectivity index (χ1n) is 10.5. The first-order chi connectivity index (χ1) is 16.2. The van der Waals surface area contributed by atoms with Crippen molar-refractivity contribution < 1.29 is 4.79 Å². The molecule has 0 unspecified atom stereocenters. The first-order valence-corrected chi connectivity index (χ1v) is 10.5. The van der Waals surface area contributed by atoms with Gasteiger partial charge in [0, 0.05) is 48.4 Å². The summed E-state index contributed by atoms with van der Waals surface area (Å²) in [6, 6.07) is 13.8. The fraction of sp³-hybridized carbons (Fsp3) is 0.125. The lowest BCUT2D eigenvalue weighted by Gasteiger charge is -2.29. The van der Waals surface area contributed by atoms with Gasteiger partial charge in [-0.25, -0.2) is 9.97 Å². The van der Waals surface area contributed by atoms with Crippen LogP contribution in [-0.4, -0.2) is 45.0 Å². The van der Waals surface area contributed by atoms with Gasteiger partial charge >= 0.3 is 0 Å². The van der Waals surface area contributed by atoms with E-state index in [4.69, 9.17) is 4.98 Å². The van der Waals surface area contributed by atoms with Crippen LogP contribution >= 0.6 is 0 Å². The molecule has 164 valence electrons. The van der Waals surface area contributed by atoms with Gasteiger partial charge in [0.1, 0.15) is 16.9 Å². The van der Waals surface area contributed by atoms with E-state index >= 15 is 0 Å². The highest BCUT2D eigenvalue weighted by molar-refractivity contribution is 6.02. The Morgan fingerprint density at radius 1 is 1.00 bits per heavy atom. The number of carbonyl (C=O) groups is 1. The largest absolute Gasteiger partial charge is 0.380 e. The molecule has 1 amide bonds. The number of aromatic nitrogens is 4. The Morgan fingerprint density at radius 2 is 1.79 bits per heavy atom. The van der Waals surface area contributed by atoms with Crippen LogP contribution in [0.5, 0.6) is 0 Å². The Balaban J connectivity index is 1.44. The third-order valence-electron chi connectivity index (χ3n) is 5.27. The van der Waals surface area contributed by atoms with Gasteiger partial charge in [-0.1, -0.05) is 6.58 Å². The number of fused-ring (bicyclic) bond motifs is 1. The standard InChI is InChI=1S/C24H22N8O/c1-2-20(33)31-19-4-3-10-26-22(19)23-21-15(9-11-27-23)12-28-24(32-21)30-17-7-5-16(6-8-17)29-18-13-25-14-18/h2-12,18,25,29H,1,13-14H2,(H,31,33)(H,28,30,32). The summed E-state index contributed by atoms with van der Waals surface area (Å²) < 4.78 is 0. The highest BCUT2D eigenvalue weighted by atomic mass is 16.1. The van der Waals surface area contributed by atoms with Gasteiger partial charge in [-0.2, -0.15) is 0 Å². The number of nitrogens with zero attached hydrogens (tertiary/aromatic N) is 4. The van der Waals surface area contributed by atoms with Crippen molar-refractivity contribution in [3.8, 4) is 11.4 Å². The number of rotatable bonds is 7. The number of pyridine rings is 2. The second-order valence-electron chi connectivity index (χ2n) is 7.59. The molecule has 0 bridgehead atoms. The Morgan fingerprint density at radius 3 is 2.55 bits per heavy atom. The van der Waals surface area contributed by atoms with Gasteiger partial charge in [0.25, 0.3) is 0 Å². The molecule has 0 radical (unpaired) electrons. The number of benzene rings is 1. The van der Waals surface area contributed by atoms with E-state index in [2.05, 4.69) is 42.8 Å². The third-order valence-corrected chi connectivity index (χ3v) is 5.27. The average molecular weight is 438 g/mol. The van der Waals surface area contributed by atoms with Crippen molar-refractivity contribution in [2.24, 2.45) is 0 Å². The summed E-state index contributed by atoms with van der Waals surface area (Å²) >= 11 is 0. The topological polar surface area (TPSA) is 117 Å². The van der Waals surface area contributed by atoms with Crippen molar-refractivity contribution in [3.63, 3.8) is 0 Å². The molecule has 1 saturated heterocycles. The zero-order valence-electron chi connectivity index (χ0n) is 17.7. The summed E-state index contributed by atoms with van der Waals surface area (Å²) in [7, 11) is 0. The highest BCUT2D eigenvalue weighted by Gasteiger charge is 2.16. The molecule has 0 spiro atoms. The molecule has 33 heavy (non-hydrogen) atoms. The van der Waals surface area contributed by atoms with Gasteiger partial charge in [0.2, 0.25) is 11.9 Å². The van der Waals surface area contributed by atoms with Crippen LogP contribution in [-0.2, 0) is 4.79 Å². The molecule has 3 aromatic heterocycles. The number of hydrogen-bond donors (Lipinski definition) is 4. The second-order valence-corrected chi connectivity index (χ2v) is 7.59. The number of carbonyl (C=O) groups excluding carboxylic acids is 1. The molecule has 0 aliphatic carbocycles. The molecule has 9 nitrogen and oxygen atoms in total. The number of nitrogens with one attached hydrogen (secondary N) is 4. The molecule has 1 aromatic carbocycles. The maximum Gasteiger partial charge on any atom is 0.247 e. The molecular weight excluding hydrogens is 416 g/mol. The first kappa shape index (κ1) is 20.5. The maximum atomic E-state index is 11.9. The van der Waals surface area contributed by atoms with Crippen LogP contribution in [0.4, 0.5) is 23.0 Å². The predicted molar refractivity (Wildman–Crippen MR) is 129 cm³/mol. The minimum absolute atomic E-state index is 0.326. The molecule has 0 atom stereocenters. The number of hydrogen-bond acceptors (Lipinski definition) is 8. The minimum Gasteiger partial charge on any atom is -0.380 e. The summed E-state index contributed by atoms with van der Waals surface area (Å²) in [4.78, 5) is 29.9. The van der Waals surface area contributed by atoms with E-state index in [1.54, 1.807) is 30.7 Å².